The van der Waals surface area contributed by atoms with Crippen LogP contribution in [-0.4, -0.2) is 50.9 Å². The Morgan fingerprint density at radius 3 is 2.57 bits per heavy atom. The lowest BCUT2D eigenvalue weighted by atomic mass is 9.85. The number of aromatic nitrogens is 4. The molecule has 0 unspecified atom stereocenters. The lowest BCUT2D eigenvalue weighted by Crippen LogP contribution is -2.35. The van der Waals surface area contributed by atoms with Gasteiger partial charge in [-0.05, 0) is 51.9 Å². The van der Waals surface area contributed by atoms with Gasteiger partial charge in [0.2, 0.25) is 5.91 Å². The molecule has 1 N–H and O–H groups in total. The molecule has 0 spiro atoms. The molecule has 144 valence electrons. The van der Waals surface area contributed by atoms with Crippen molar-refractivity contribution in [2.24, 2.45) is 5.92 Å². The van der Waals surface area contributed by atoms with E-state index in [1.807, 2.05) is 18.2 Å². The van der Waals surface area contributed by atoms with Gasteiger partial charge in [-0.15, -0.1) is 0 Å². The molecule has 0 radical (unpaired) electrons. The molecule has 3 heterocycles. The van der Waals surface area contributed by atoms with Crippen LogP contribution in [0.25, 0.3) is 22.3 Å². The normalized spacial score (nSPS) is 19.7. The molecule has 7 nitrogen and oxygen atoms in total. The molecular formula is C21H24N6O. The minimum Gasteiger partial charge on any atom is -0.310 e. The van der Waals surface area contributed by atoms with Crippen molar-refractivity contribution in [3.05, 3.63) is 43.0 Å². The topological polar surface area (TPSA) is 83.9 Å². The molecule has 1 fully saturated rings. The van der Waals surface area contributed by atoms with Gasteiger partial charge in [0.15, 0.2) is 0 Å². The van der Waals surface area contributed by atoms with Crippen LogP contribution >= 0.6 is 0 Å². The lowest BCUT2D eigenvalue weighted by molar-refractivity contribution is -0.121. The van der Waals surface area contributed by atoms with Crippen molar-refractivity contribution in [1.82, 2.24) is 24.8 Å². The second-order valence-electron chi connectivity index (χ2n) is 7.51. The summed E-state index contributed by atoms with van der Waals surface area (Å²) in [5, 5.41) is 3.89. The van der Waals surface area contributed by atoms with Crippen molar-refractivity contribution in [2.45, 2.75) is 31.7 Å². The van der Waals surface area contributed by atoms with Crippen molar-refractivity contribution in [1.29, 1.82) is 0 Å². The Kier molecular flexibility index (Phi) is 5.25. The fourth-order valence-electron chi connectivity index (χ4n) is 3.74. The summed E-state index contributed by atoms with van der Waals surface area (Å²) >= 11 is 0. The Labute approximate surface area is 164 Å². The predicted molar refractivity (Wildman–Crippen MR) is 109 cm³/mol. The van der Waals surface area contributed by atoms with E-state index in [9.17, 15) is 4.79 Å². The van der Waals surface area contributed by atoms with E-state index in [0.29, 0.717) is 17.6 Å². The third-order valence-electron chi connectivity index (χ3n) is 5.45. The van der Waals surface area contributed by atoms with Gasteiger partial charge in [0.05, 0.1) is 17.4 Å². The minimum absolute atomic E-state index is 0.0487. The first-order valence-electron chi connectivity index (χ1n) is 9.60. The van der Waals surface area contributed by atoms with E-state index in [4.69, 9.17) is 0 Å². The maximum Gasteiger partial charge on any atom is 0.228 e. The van der Waals surface area contributed by atoms with E-state index in [-0.39, 0.29) is 11.8 Å². The predicted octanol–water partition coefficient (Wildman–Crippen LogP) is 3.15. The van der Waals surface area contributed by atoms with E-state index >= 15 is 0 Å². The number of anilines is 1. The van der Waals surface area contributed by atoms with Gasteiger partial charge in [-0.1, -0.05) is 0 Å². The Morgan fingerprint density at radius 2 is 1.86 bits per heavy atom. The molecule has 7 heteroatoms. The van der Waals surface area contributed by atoms with Crippen molar-refractivity contribution in [3.8, 4) is 11.4 Å². The molecule has 28 heavy (non-hydrogen) atoms. The minimum atomic E-state index is 0.0487. The van der Waals surface area contributed by atoms with Crippen LogP contribution < -0.4 is 5.32 Å². The first-order valence-corrected chi connectivity index (χ1v) is 9.60. The number of hydrogen-bond donors (Lipinski definition) is 1. The number of rotatable bonds is 4. The van der Waals surface area contributed by atoms with Crippen molar-refractivity contribution < 1.29 is 4.79 Å². The molecule has 1 saturated carbocycles. The maximum atomic E-state index is 12.7. The molecule has 1 aliphatic carbocycles. The van der Waals surface area contributed by atoms with E-state index in [1.165, 1.54) is 0 Å². The van der Waals surface area contributed by atoms with Gasteiger partial charge < -0.3 is 10.2 Å². The Balaban J connectivity index is 1.49. The number of carbonyl (C=O) groups excluding carboxylic acids is 1. The fourth-order valence-corrected chi connectivity index (χ4v) is 3.74. The summed E-state index contributed by atoms with van der Waals surface area (Å²) in [4.78, 5) is 32.3. The number of nitrogens with zero attached hydrogens (tertiary/aromatic N) is 5. The molecule has 0 aromatic carbocycles. The summed E-state index contributed by atoms with van der Waals surface area (Å²) in [7, 11) is 4.21. The molecule has 0 atom stereocenters. The number of nitrogens with one attached hydrogen (secondary N) is 1. The fraction of sp³-hybridized carbons (Fsp3) is 0.381. The van der Waals surface area contributed by atoms with E-state index in [0.717, 1.165) is 42.3 Å². The zero-order valence-corrected chi connectivity index (χ0v) is 16.2. The number of amides is 1. The smallest absolute Gasteiger partial charge is 0.228 e. The molecule has 0 bridgehead atoms. The summed E-state index contributed by atoms with van der Waals surface area (Å²) in [6.07, 6.45) is 10.6. The number of fused-ring (bicyclic) bond motifs is 1. The van der Waals surface area contributed by atoms with Gasteiger partial charge in [-0.3, -0.25) is 14.8 Å². The van der Waals surface area contributed by atoms with Crippen LogP contribution in [0.3, 0.4) is 0 Å². The number of hydrogen-bond acceptors (Lipinski definition) is 6. The van der Waals surface area contributed by atoms with E-state index in [1.54, 1.807) is 24.8 Å². The third-order valence-corrected chi connectivity index (χ3v) is 5.45. The van der Waals surface area contributed by atoms with Crippen molar-refractivity contribution >= 4 is 22.6 Å². The largest absolute Gasteiger partial charge is 0.310 e. The maximum absolute atomic E-state index is 12.7. The van der Waals surface area contributed by atoms with Crippen molar-refractivity contribution in [2.75, 3.05) is 19.4 Å². The van der Waals surface area contributed by atoms with Crippen LogP contribution in [0.15, 0.2) is 43.0 Å². The van der Waals surface area contributed by atoms with E-state index in [2.05, 4.69) is 44.2 Å². The molecule has 1 aliphatic rings. The average Bonchev–Trinajstić information content (AvgIpc) is 2.74. The molecule has 3 aromatic rings. The zero-order chi connectivity index (χ0) is 19.5. The quantitative estimate of drug-likeness (QED) is 0.753. The van der Waals surface area contributed by atoms with Gasteiger partial charge in [0.1, 0.15) is 11.5 Å². The SMILES string of the molecule is CN(C)[C@H]1CC[C@H](C(=O)Nc2cc3nc(-c4cnccn4)ccc3cn2)CC1. The van der Waals surface area contributed by atoms with Crippen LogP contribution in [0.5, 0.6) is 0 Å². The number of pyridine rings is 2. The van der Waals surface area contributed by atoms with E-state index < -0.39 is 0 Å². The molecule has 3 aromatic heterocycles. The summed E-state index contributed by atoms with van der Waals surface area (Å²) in [5.74, 6) is 0.637. The summed E-state index contributed by atoms with van der Waals surface area (Å²) in [6.45, 7) is 0. The number of carbonyl (C=O) groups is 1. The van der Waals surface area contributed by atoms with Gasteiger partial charge in [-0.2, -0.15) is 0 Å². The third kappa shape index (κ3) is 3.99. The van der Waals surface area contributed by atoms with Crippen molar-refractivity contribution in [3.63, 3.8) is 0 Å². The zero-order valence-electron chi connectivity index (χ0n) is 16.2. The second-order valence-corrected chi connectivity index (χ2v) is 7.51. The first-order chi connectivity index (χ1) is 13.6. The lowest BCUT2D eigenvalue weighted by Gasteiger charge is -2.31. The molecule has 0 saturated heterocycles. The summed E-state index contributed by atoms with van der Waals surface area (Å²) in [6, 6.07) is 6.24. The van der Waals surface area contributed by atoms with Gasteiger partial charge >= 0.3 is 0 Å². The van der Waals surface area contributed by atoms with Crippen LogP contribution in [0.1, 0.15) is 25.7 Å². The average molecular weight is 376 g/mol. The standard InChI is InChI=1S/C21H24N6O/c1-27(2)16-6-3-14(4-7-16)21(28)26-20-11-18-15(12-24-20)5-8-17(25-18)19-13-22-9-10-23-19/h5,8-14,16H,3-4,6-7H2,1-2H3,(H,24,26,28)/t14-,16-. The first kappa shape index (κ1) is 18.4. The summed E-state index contributed by atoms with van der Waals surface area (Å²) < 4.78 is 0. The van der Waals surface area contributed by atoms with Crippen LogP contribution in [0.4, 0.5) is 5.82 Å². The summed E-state index contributed by atoms with van der Waals surface area (Å²) in [5.41, 5.74) is 2.22. The molecule has 1 amide bonds. The molecular weight excluding hydrogens is 352 g/mol. The molecule has 4 rings (SSSR count). The van der Waals surface area contributed by atoms with Crippen LogP contribution in [-0.2, 0) is 4.79 Å². The van der Waals surface area contributed by atoms with Crippen LogP contribution in [0, 0.1) is 5.92 Å². The van der Waals surface area contributed by atoms with Gasteiger partial charge in [-0.25, -0.2) is 9.97 Å². The second kappa shape index (κ2) is 7.98. The highest BCUT2D eigenvalue weighted by atomic mass is 16.1. The van der Waals surface area contributed by atoms with Gasteiger partial charge in [0.25, 0.3) is 0 Å². The monoisotopic (exact) mass is 376 g/mol. The highest BCUT2D eigenvalue weighted by molar-refractivity contribution is 5.93. The Bertz CT molecular complexity index is 967. The Hall–Kier alpha value is -2.93. The Morgan fingerprint density at radius 1 is 1.04 bits per heavy atom. The highest BCUT2D eigenvalue weighted by Gasteiger charge is 2.27. The highest BCUT2D eigenvalue weighted by Crippen LogP contribution is 2.28. The van der Waals surface area contributed by atoms with Crippen LogP contribution in [0.2, 0.25) is 0 Å². The molecule has 0 aliphatic heterocycles. The van der Waals surface area contributed by atoms with Gasteiger partial charge in [0, 0.05) is 42.0 Å².